The topological polar surface area (TPSA) is 90.9 Å². The maximum Gasteiger partial charge on any atom is 0.224 e. The molecule has 0 aliphatic carbocycles. The number of aliphatic hydroxyl groups excluding tert-OH is 1. The molecule has 0 aliphatic rings. The lowest BCUT2D eigenvalue weighted by Gasteiger charge is -1.96. The number of hydroxylamine groups is 1. The molecule has 0 aliphatic heterocycles. The molecule has 42 valence electrons. The summed E-state index contributed by atoms with van der Waals surface area (Å²) in [5.41, 5.74) is 6.15. The zero-order valence-corrected chi connectivity index (χ0v) is 3.57. The summed E-state index contributed by atoms with van der Waals surface area (Å²) in [6.45, 7) is 0. The Morgan fingerprint density at radius 1 is 1.86 bits per heavy atom. The number of nitrogens with two attached hydrogens (primary N) is 1. The number of nitrogens with zero attached hydrogens (tertiary/aromatic N) is 1. The van der Waals surface area contributed by atoms with E-state index < -0.39 is 6.35 Å². The summed E-state index contributed by atoms with van der Waals surface area (Å²) >= 11 is 0. The molecule has 0 fully saturated rings. The first kappa shape index (κ1) is 6.35. The van der Waals surface area contributed by atoms with Crippen molar-refractivity contribution in [2.24, 2.45) is 10.7 Å². The van der Waals surface area contributed by atoms with Crippen LogP contribution in [0.4, 0.5) is 0 Å². The fourth-order valence-electron chi connectivity index (χ4n) is 0.115. The lowest BCUT2D eigenvalue weighted by molar-refractivity contribution is 0.00846. The van der Waals surface area contributed by atoms with Crippen LogP contribution in [0.2, 0.25) is 0 Å². The van der Waals surface area contributed by atoms with Crippen molar-refractivity contribution < 1.29 is 10.3 Å². The molecule has 7 heavy (non-hydrogen) atoms. The van der Waals surface area contributed by atoms with Gasteiger partial charge in [0.25, 0.3) is 0 Å². The van der Waals surface area contributed by atoms with Crippen LogP contribution in [0.1, 0.15) is 0 Å². The van der Waals surface area contributed by atoms with Crippen molar-refractivity contribution >= 4 is 6.34 Å². The zero-order valence-electron chi connectivity index (χ0n) is 3.57. The average molecular weight is 105 g/mol. The molecule has 0 amide bonds. The van der Waals surface area contributed by atoms with Gasteiger partial charge in [0.15, 0.2) is 0 Å². The van der Waals surface area contributed by atoms with E-state index >= 15 is 0 Å². The summed E-state index contributed by atoms with van der Waals surface area (Å²) in [4.78, 5) is 3.09. The van der Waals surface area contributed by atoms with Gasteiger partial charge in [-0.1, -0.05) is 0 Å². The number of aliphatic imine (C=N–C) groups is 1. The quantitative estimate of drug-likeness (QED) is 0.145. The van der Waals surface area contributed by atoms with Crippen LogP contribution in [-0.2, 0) is 0 Å². The number of hydrogen-bond donors (Lipinski definition) is 4. The van der Waals surface area contributed by atoms with Crippen molar-refractivity contribution in [1.82, 2.24) is 5.48 Å². The molecular weight excluding hydrogens is 98.0 g/mol. The number of hydrogen-bond acceptors (Lipinski definition) is 4. The largest absolute Gasteiger partial charge is 0.390 e. The zero-order chi connectivity index (χ0) is 5.70. The van der Waals surface area contributed by atoms with E-state index in [1.54, 1.807) is 0 Å². The lowest BCUT2D eigenvalue weighted by Crippen LogP contribution is -2.23. The number of nitrogens with one attached hydrogen (secondary N) is 1. The van der Waals surface area contributed by atoms with E-state index in [1.165, 1.54) is 5.48 Å². The molecule has 0 saturated heterocycles. The maximum absolute atomic E-state index is 8.22. The molecule has 0 saturated carbocycles. The molecule has 5 nitrogen and oxygen atoms in total. The highest BCUT2D eigenvalue weighted by molar-refractivity contribution is 5.51. The van der Waals surface area contributed by atoms with Gasteiger partial charge in [0, 0.05) is 0 Å². The predicted molar refractivity (Wildman–Crippen MR) is 23.6 cm³/mol. The molecule has 0 aromatic rings. The van der Waals surface area contributed by atoms with Gasteiger partial charge in [-0.15, -0.1) is 0 Å². The normalized spacial score (nSPS) is 15.1. The molecule has 1 atom stereocenters. The van der Waals surface area contributed by atoms with Gasteiger partial charge in [-0.2, -0.15) is 5.48 Å². The first-order valence-electron chi connectivity index (χ1n) is 1.62. The predicted octanol–water partition coefficient (Wildman–Crippen LogP) is -1.77. The Labute approximate surface area is 40.4 Å². The van der Waals surface area contributed by atoms with Gasteiger partial charge in [-0.05, 0) is 0 Å². The van der Waals surface area contributed by atoms with E-state index in [9.17, 15) is 0 Å². The molecule has 1 unspecified atom stereocenters. The third kappa shape index (κ3) is 3.17. The van der Waals surface area contributed by atoms with E-state index in [4.69, 9.17) is 16.0 Å². The molecule has 0 aromatic heterocycles. The molecule has 0 radical (unpaired) electrons. The number of aliphatic hydroxyl groups is 1. The molecule has 5 N–H and O–H groups in total. The maximum atomic E-state index is 8.22. The Balaban J connectivity index is 3.16. The van der Waals surface area contributed by atoms with Gasteiger partial charge < -0.3 is 16.0 Å². The molecule has 5 heteroatoms. The van der Waals surface area contributed by atoms with Crippen molar-refractivity contribution in [1.29, 1.82) is 0 Å². The van der Waals surface area contributed by atoms with Crippen LogP contribution < -0.4 is 11.2 Å². The van der Waals surface area contributed by atoms with Crippen molar-refractivity contribution in [2.75, 3.05) is 0 Å². The standard InChI is InChI=1S/C2H7N3O2/c3-1-4-2(6)5-7/h1-2,5-7H,(H2,3,4). The highest BCUT2D eigenvalue weighted by atomic mass is 16.5. The highest BCUT2D eigenvalue weighted by Gasteiger charge is 1.88. The first-order valence-corrected chi connectivity index (χ1v) is 1.62. The van der Waals surface area contributed by atoms with Gasteiger partial charge in [-0.25, -0.2) is 4.99 Å². The van der Waals surface area contributed by atoms with Crippen LogP contribution >= 0.6 is 0 Å². The van der Waals surface area contributed by atoms with Gasteiger partial charge >= 0.3 is 0 Å². The fraction of sp³-hybridized carbons (Fsp3) is 0.500. The van der Waals surface area contributed by atoms with Gasteiger partial charge in [0.1, 0.15) is 0 Å². The van der Waals surface area contributed by atoms with E-state index in [-0.39, 0.29) is 0 Å². The molecule has 0 heterocycles. The molecule has 0 rings (SSSR count). The lowest BCUT2D eigenvalue weighted by atomic mass is 11.0. The van der Waals surface area contributed by atoms with Crippen LogP contribution in [0.15, 0.2) is 4.99 Å². The smallest absolute Gasteiger partial charge is 0.224 e. The van der Waals surface area contributed by atoms with Gasteiger partial charge in [0.2, 0.25) is 6.35 Å². The summed E-state index contributed by atoms with van der Waals surface area (Å²) in [7, 11) is 0. The Morgan fingerprint density at radius 2 is 2.43 bits per heavy atom. The van der Waals surface area contributed by atoms with E-state index in [1.807, 2.05) is 0 Å². The summed E-state index contributed by atoms with van der Waals surface area (Å²) in [5, 5.41) is 16.0. The third-order valence-corrected chi connectivity index (χ3v) is 0.343. The second-order valence-electron chi connectivity index (χ2n) is 0.801. The van der Waals surface area contributed by atoms with Gasteiger partial charge in [-0.3, -0.25) is 0 Å². The van der Waals surface area contributed by atoms with Crippen LogP contribution in [0.3, 0.4) is 0 Å². The summed E-state index contributed by atoms with van der Waals surface area (Å²) in [6, 6.07) is 0. The highest BCUT2D eigenvalue weighted by Crippen LogP contribution is 1.68. The van der Waals surface area contributed by atoms with Crippen molar-refractivity contribution in [2.45, 2.75) is 6.35 Å². The fourth-order valence-corrected chi connectivity index (χ4v) is 0.115. The molecule has 0 spiro atoms. The second kappa shape index (κ2) is 3.54. The van der Waals surface area contributed by atoms with Crippen LogP contribution in [0.25, 0.3) is 0 Å². The number of rotatable bonds is 2. The van der Waals surface area contributed by atoms with Crippen LogP contribution in [-0.4, -0.2) is 23.0 Å². The Hall–Kier alpha value is -0.650. The summed E-state index contributed by atoms with van der Waals surface area (Å²) in [5.74, 6) is 0. The van der Waals surface area contributed by atoms with E-state index in [0.29, 0.717) is 0 Å². The van der Waals surface area contributed by atoms with Crippen LogP contribution in [0, 0.1) is 0 Å². The first-order chi connectivity index (χ1) is 3.31. The summed E-state index contributed by atoms with van der Waals surface area (Å²) < 4.78 is 0. The van der Waals surface area contributed by atoms with E-state index in [0.717, 1.165) is 6.34 Å². The third-order valence-electron chi connectivity index (χ3n) is 0.343. The van der Waals surface area contributed by atoms with Crippen LogP contribution in [0.5, 0.6) is 0 Å². The van der Waals surface area contributed by atoms with Crippen molar-refractivity contribution in [3.63, 3.8) is 0 Å². The second-order valence-corrected chi connectivity index (χ2v) is 0.801. The van der Waals surface area contributed by atoms with Crippen molar-refractivity contribution in [3.05, 3.63) is 0 Å². The van der Waals surface area contributed by atoms with Gasteiger partial charge in [0.05, 0.1) is 6.34 Å². The minimum Gasteiger partial charge on any atom is -0.390 e. The minimum absolute atomic E-state index is 0.883. The monoisotopic (exact) mass is 105 g/mol. The molecule has 0 aromatic carbocycles. The Kier molecular flexibility index (Phi) is 3.21. The Morgan fingerprint density at radius 3 is 2.57 bits per heavy atom. The van der Waals surface area contributed by atoms with Crippen molar-refractivity contribution in [3.8, 4) is 0 Å². The Bertz CT molecular complexity index is 64.0. The summed E-state index contributed by atoms with van der Waals surface area (Å²) in [6.07, 6.45) is -0.418. The van der Waals surface area contributed by atoms with E-state index in [2.05, 4.69) is 4.99 Å². The molecular formula is C2H7N3O2. The molecule has 0 bridgehead atoms. The SMILES string of the molecule is N/C=N/C(O)NO. The minimum atomic E-state index is -1.30. The average Bonchev–Trinajstić information content (AvgIpc) is 1.68.